The van der Waals surface area contributed by atoms with E-state index >= 15 is 0 Å². The fraction of sp³-hybridized carbons (Fsp3) is 0.385. The number of esters is 2. The molecule has 0 radical (unpaired) electrons. The van der Waals surface area contributed by atoms with Gasteiger partial charge in [-0.1, -0.05) is 45.0 Å². The van der Waals surface area contributed by atoms with Crippen molar-refractivity contribution in [3.63, 3.8) is 0 Å². The van der Waals surface area contributed by atoms with Crippen LogP contribution in [0.5, 0.6) is 28.7 Å². The largest absolute Gasteiger partial charge is 0.493 e. The fourth-order valence-corrected chi connectivity index (χ4v) is 7.85. The van der Waals surface area contributed by atoms with E-state index in [1.54, 1.807) is 21.3 Å². The number of rotatable bonds is 7. The first-order chi connectivity index (χ1) is 23.0. The third-order valence-corrected chi connectivity index (χ3v) is 10.8. The molecule has 3 aliphatic carbocycles. The molecular weight excluding hydrogens is 612 g/mol. The molecule has 2 aromatic carbocycles. The van der Waals surface area contributed by atoms with Gasteiger partial charge in [-0.2, -0.15) is 0 Å². The van der Waals surface area contributed by atoms with Gasteiger partial charge in [0.15, 0.2) is 23.0 Å². The lowest BCUT2D eigenvalue weighted by Crippen LogP contribution is -2.52. The Bertz CT molecular complexity index is 1900. The molecule has 0 unspecified atom stereocenters. The van der Waals surface area contributed by atoms with E-state index < -0.39 is 34.8 Å². The molecule has 250 valence electrons. The molecule has 1 saturated heterocycles. The number of aryl methyl sites for hydroxylation is 1. The normalized spacial score (nSPS) is 23.8. The predicted molar refractivity (Wildman–Crippen MR) is 178 cm³/mol. The second-order valence-corrected chi connectivity index (χ2v) is 13.6. The van der Waals surface area contributed by atoms with Crippen LogP contribution in [-0.4, -0.2) is 46.7 Å². The van der Waals surface area contributed by atoms with Crippen molar-refractivity contribution < 1.29 is 42.7 Å². The minimum atomic E-state index is -1.19. The van der Waals surface area contributed by atoms with Crippen LogP contribution in [0.25, 0.3) is 11.1 Å². The highest BCUT2D eigenvalue weighted by Crippen LogP contribution is 2.68. The minimum Gasteiger partial charge on any atom is -0.493 e. The van der Waals surface area contributed by atoms with Crippen LogP contribution in [0.3, 0.4) is 0 Å². The maximum absolute atomic E-state index is 14.4. The highest BCUT2D eigenvalue weighted by molar-refractivity contribution is 6.00. The number of methoxy groups -OCH3 is 3. The maximum Gasteiger partial charge on any atom is 0.339 e. The average molecular weight is 653 g/mol. The highest BCUT2D eigenvalue weighted by Gasteiger charge is 2.69. The number of ether oxygens (including phenoxy) is 7. The smallest absolute Gasteiger partial charge is 0.339 e. The standard InChI is InChI=1S/C39H40O9/c1-20(2)22-10-9-21(3)24-11-12-25(26(24)13-22)36(40)48-35-28-17-30-29(46-19-47-30)16-27(28)33(39(5)37(41)45-18-38(35,39)4)23-14-31(42-6)34(44-8)32(15-23)43-7/h9-17,20,33,35H,18-19H2,1-8H3/t33-,35-,38-,39+/m1/s1. The monoisotopic (exact) mass is 652 g/mol. The summed E-state index contributed by atoms with van der Waals surface area (Å²) in [7, 11) is 4.65. The van der Waals surface area contributed by atoms with Gasteiger partial charge in [0.1, 0.15) is 12.7 Å². The lowest BCUT2D eigenvalue weighted by molar-refractivity contribution is -0.149. The summed E-state index contributed by atoms with van der Waals surface area (Å²) in [6, 6.07) is 17.5. The summed E-state index contributed by atoms with van der Waals surface area (Å²) < 4.78 is 41.2. The summed E-state index contributed by atoms with van der Waals surface area (Å²) in [5.74, 6) is 1.25. The van der Waals surface area contributed by atoms with E-state index in [0.29, 0.717) is 39.9 Å². The molecule has 9 nitrogen and oxygen atoms in total. The molecule has 4 atom stereocenters. The quantitative estimate of drug-likeness (QED) is 0.187. The molecule has 0 spiro atoms. The van der Waals surface area contributed by atoms with E-state index in [2.05, 4.69) is 32.0 Å². The SMILES string of the molecule is COc1cc([C@@H]2c3cc4c(cc3[C@@H](OC(=O)c3ccc5c(C)ccc(C(C)C)cc3-5)[C@@]3(C)COC(=O)[C@]23C)OCO4)cc(OC)c1OC. The van der Waals surface area contributed by atoms with Crippen molar-refractivity contribution in [1.82, 2.24) is 0 Å². The lowest BCUT2D eigenvalue weighted by atomic mass is 9.50. The third kappa shape index (κ3) is 4.43. The molecule has 2 aliphatic heterocycles. The van der Waals surface area contributed by atoms with Crippen molar-refractivity contribution in [3.05, 3.63) is 88.0 Å². The van der Waals surface area contributed by atoms with E-state index in [-0.39, 0.29) is 19.3 Å². The van der Waals surface area contributed by atoms with Gasteiger partial charge in [0, 0.05) is 11.5 Å². The van der Waals surface area contributed by atoms with Crippen LogP contribution in [0.15, 0.2) is 54.6 Å². The molecule has 7 rings (SSSR count). The van der Waals surface area contributed by atoms with Gasteiger partial charge in [0.05, 0.1) is 37.7 Å². The zero-order chi connectivity index (χ0) is 34.1. The molecule has 2 heterocycles. The molecule has 48 heavy (non-hydrogen) atoms. The summed E-state index contributed by atoms with van der Waals surface area (Å²) >= 11 is 0. The van der Waals surface area contributed by atoms with Crippen LogP contribution in [0.1, 0.15) is 83.8 Å². The Hall–Kier alpha value is -4.92. The van der Waals surface area contributed by atoms with Gasteiger partial charge >= 0.3 is 11.9 Å². The van der Waals surface area contributed by atoms with E-state index in [1.165, 1.54) is 0 Å². The Morgan fingerprint density at radius 2 is 1.50 bits per heavy atom. The first-order valence-corrected chi connectivity index (χ1v) is 16.1. The van der Waals surface area contributed by atoms with Crippen molar-refractivity contribution in [2.75, 3.05) is 34.7 Å². The number of hydrogen-bond donors (Lipinski definition) is 0. The minimum absolute atomic E-state index is 0.0441. The van der Waals surface area contributed by atoms with Crippen LogP contribution >= 0.6 is 0 Å². The summed E-state index contributed by atoms with van der Waals surface area (Å²) in [4.78, 5) is 28.5. The van der Waals surface area contributed by atoms with Gasteiger partial charge in [-0.15, -0.1) is 0 Å². The molecule has 0 amide bonds. The number of carbonyl (C=O) groups is 2. The number of carbonyl (C=O) groups excluding carboxylic acids is 2. The maximum atomic E-state index is 14.4. The van der Waals surface area contributed by atoms with Crippen LogP contribution in [0.2, 0.25) is 0 Å². The first-order valence-electron chi connectivity index (χ1n) is 16.1. The average Bonchev–Trinajstić information content (AvgIpc) is 3.74. The van der Waals surface area contributed by atoms with E-state index in [4.69, 9.17) is 33.2 Å². The van der Waals surface area contributed by atoms with Crippen molar-refractivity contribution in [2.45, 2.75) is 52.6 Å². The summed E-state index contributed by atoms with van der Waals surface area (Å²) in [6.07, 6.45) is -0.864. The highest BCUT2D eigenvalue weighted by atomic mass is 16.7. The zero-order valence-electron chi connectivity index (χ0n) is 28.5. The molecular formula is C39H40O9. The van der Waals surface area contributed by atoms with Crippen molar-refractivity contribution in [2.24, 2.45) is 10.8 Å². The van der Waals surface area contributed by atoms with E-state index in [9.17, 15) is 9.59 Å². The Morgan fingerprint density at radius 3 is 2.12 bits per heavy atom. The second-order valence-electron chi connectivity index (χ2n) is 13.6. The summed E-state index contributed by atoms with van der Waals surface area (Å²) in [5, 5.41) is 0. The summed E-state index contributed by atoms with van der Waals surface area (Å²) in [5.41, 5.74) is 4.49. The number of fused-ring (bicyclic) bond motifs is 4. The lowest BCUT2D eigenvalue weighted by Gasteiger charge is -2.51. The van der Waals surface area contributed by atoms with Crippen molar-refractivity contribution >= 4 is 11.9 Å². The Kier molecular flexibility index (Phi) is 7.49. The van der Waals surface area contributed by atoms with Gasteiger partial charge in [-0.05, 0) is 83.5 Å². The molecule has 0 N–H and O–H groups in total. The van der Waals surface area contributed by atoms with Gasteiger partial charge in [0.2, 0.25) is 12.5 Å². The Balaban J connectivity index is 1.42. The number of hydrogen-bond acceptors (Lipinski definition) is 9. The first kappa shape index (κ1) is 31.7. The number of benzene rings is 2. The fourth-order valence-electron chi connectivity index (χ4n) is 7.85. The van der Waals surface area contributed by atoms with Crippen LogP contribution in [0, 0.1) is 17.8 Å². The molecule has 2 aromatic rings. The second kappa shape index (κ2) is 11.4. The van der Waals surface area contributed by atoms with Gasteiger partial charge in [-0.3, -0.25) is 4.79 Å². The van der Waals surface area contributed by atoms with Gasteiger partial charge in [0.25, 0.3) is 0 Å². The van der Waals surface area contributed by atoms with E-state index in [1.807, 2.05) is 57.2 Å². The molecule has 1 fully saturated rings. The molecule has 5 aliphatic rings. The molecule has 9 heteroatoms. The van der Waals surface area contributed by atoms with Crippen LogP contribution in [0.4, 0.5) is 0 Å². The topological polar surface area (TPSA) is 98.8 Å². The van der Waals surface area contributed by atoms with Crippen LogP contribution < -0.4 is 23.7 Å². The Labute approximate surface area is 280 Å². The van der Waals surface area contributed by atoms with Gasteiger partial charge < -0.3 is 33.2 Å². The molecule has 0 saturated carbocycles. The zero-order valence-corrected chi connectivity index (χ0v) is 28.5. The third-order valence-electron chi connectivity index (χ3n) is 10.8. The van der Waals surface area contributed by atoms with Crippen molar-refractivity contribution in [3.8, 4) is 39.9 Å². The van der Waals surface area contributed by atoms with E-state index in [0.717, 1.165) is 33.4 Å². The molecule has 0 aromatic heterocycles. The van der Waals surface area contributed by atoms with Crippen molar-refractivity contribution in [1.29, 1.82) is 0 Å². The predicted octanol–water partition coefficient (Wildman–Crippen LogP) is 7.59. The molecule has 0 bridgehead atoms. The number of cyclic esters (lactones) is 1. The summed E-state index contributed by atoms with van der Waals surface area (Å²) in [6.45, 7) is 10.2. The van der Waals surface area contributed by atoms with Gasteiger partial charge in [-0.25, -0.2) is 4.79 Å². The Morgan fingerprint density at radius 1 is 0.833 bits per heavy atom. The van der Waals surface area contributed by atoms with Crippen LogP contribution in [-0.2, 0) is 14.3 Å².